The summed E-state index contributed by atoms with van der Waals surface area (Å²) in [7, 11) is 0. The van der Waals surface area contributed by atoms with Gasteiger partial charge < -0.3 is 25.4 Å². The first kappa shape index (κ1) is 21.3. The Hall–Kier alpha value is -1.99. The zero-order valence-electron chi connectivity index (χ0n) is 14.7. The first-order valence-electron chi connectivity index (χ1n) is 8.31. The predicted octanol–water partition coefficient (Wildman–Crippen LogP) is 3.42. The van der Waals surface area contributed by atoms with E-state index in [4.69, 9.17) is 33.0 Å². The monoisotopic (exact) mass is 413 g/mol. The van der Waals surface area contributed by atoms with Crippen molar-refractivity contribution in [2.24, 2.45) is 0 Å². The van der Waals surface area contributed by atoms with Gasteiger partial charge in [-0.2, -0.15) is 0 Å². The van der Waals surface area contributed by atoms with Gasteiger partial charge in [-0.3, -0.25) is 0 Å². The molecule has 2 aromatic carbocycles. The van der Waals surface area contributed by atoms with E-state index in [0.29, 0.717) is 18.5 Å². The number of phenols is 1. The number of phenolic OH excluding ortho intramolecular Hbond substituents is 1. The van der Waals surface area contributed by atoms with E-state index in [9.17, 15) is 15.0 Å². The maximum Gasteiger partial charge on any atom is 0.341 e. The van der Waals surface area contributed by atoms with Gasteiger partial charge in [0.05, 0.1) is 16.1 Å². The molecule has 0 bridgehead atoms. The summed E-state index contributed by atoms with van der Waals surface area (Å²) in [5, 5.41) is 32.1. The number of hydrogen-bond acceptors (Lipinski definition) is 5. The number of nitrogens with one attached hydrogen (secondary N) is 1. The molecule has 8 heteroatoms. The fourth-order valence-corrected chi connectivity index (χ4v) is 3.19. The number of ether oxygens (including phenoxy) is 1. The maximum absolute atomic E-state index is 10.6. The first-order chi connectivity index (χ1) is 12.8. The van der Waals surface area contributed by atoms with Crippen molar-refractivity contribution >= 4 is 29.2 Å². The van der Waals surface area contributed by atoms with Crippen LogP contribution >= 0.6 is 23.2 Å². The standard InChI is InChI=1S/C19H21Cl2NO5/c1-11(18(26)13-2-4-14(23)5-3-13)22-7-6-12-8-15(20)19(16(21)9-12)27-10-17(24)25/h2-5,8-9,11,18,22-23,26H,6-7,10H2,1H3,(H,24,25)/t11-,18-/m0/s1. The molecule has 0 aliphatic rings. The minimum atomic E-state index is -1.11. The van der Waals surface area contributed by atoms with Crippen molar-refractivity contribution in [1.82, 2.24) is 5.32 Å². The molecule has 0 unspecified atom stereocenters. The van der Waals surface area contributed by atoms with Crippen LogP contribution in [0.25, 0.3) is 0 Å². The van der Waals surface area contributed by atoms with E-state index in [2.05, 4.69) is 5.32 Å². The van der Waals surface area contributed by atoms with E-state index in [-0.39, 0.29) is 27.6 Å². The molecular weight excluding hydrogens is 393 g/mol. The summed E-state index contributed by atoms with van der Waals surface area (Å²) >= 11 is 12.2. The van der Waals surface area contributed by atoms with Crippen LogP contribution in [0.5, 0.6) is 11.5 Å². The third-order valence-corrected chi connectivity index (χ3v) is 4.55. The second kappa shape index (κ2) is 9.80. The molecule has 0 heterocycles. The van der Waals surface area contributed by atoms with Gasteiger partial charge in [0.2, 0.25) is 0 Å². The Balaban J connectivity index is 1.90. The van der Waals surface area contributed by atoms with Crippen molar-refractivity contribution in [1.29, 1.82) is 0 Å². The molecule has 0 saturated carbocycles. The molecule has 0 aliphatic carbocycles. The van der Waals surface area contributed by atoms with E-state index >= 15 is 0 Å². The lowest BCUT2D eigenvalue weighted by Crippen LogP contribution is -2.33. The van der Waals surface area contributed by atoms with Crippen molar-refractivity contribution in [2.45, 2.75) is 25.5 Å². The normalized spacial score (nSPS) is 13.2. The molecule has 2 atom stereocenters. The summed E-state index contributed by atoms with van der Waals surface area (Å²) in [6, 6.07) is 9.55. The lowest BCUT2D eigenvalue weighted by atomic mass is 10.0. The fourth-order valence-electron chi connectivity index (χ4n) is 2.54. The zero-order valence-corrected chi connectivity index (χ0v) is 16.2. The molecule has 0 spiro atoms. The molecule has 0 fully saturated rings. The summed E-state index contributed by atoms with van der Waals surface area (Å²) in [6.45, 7) is 1.91. The van der Waals surface area contributed by atoms with Crippen LogP contribution in [-0.2, 0) is 11.2 Å². The third-order valence-electron chi connectivity index (χ3n) is 3.99. The molecule has 2 aromatic rings. The van der Waals surface area contributed by atoms with Gasteiger partial charge in [0, 0.05) is 6.04 Å². The molecule has 0 saturated heterocycles. The SMILES string of the molecule is C[C@H](NCCc1cc(Cl)c(OCC(=O)O)c(Cl)c1)[C@H](O)c1ccc(O)cc1. The highest BCUT2D eigenvalue weighted by molar-refractivity contribution is 6.37. The molecule has 2 rings (SSSR count). The van der Waals surface area contributed by atoms with Crippen molar-refractivity contribution in [3.8, 4) is 11.5 Å². The van der Waals surface area contributed by atoms with Crippen LogP contribution in [0, 0.1) is 0 Å². The van der Waals surface area contributed by atoms with Crippen molar-refractivity contribution < 1.29 is 24.9 Å². The topological polar surface area (TPSA) is 99.0 Å². The molecule has 146 valence electrons. The zero-order chi connectivity index (χ0) is 20.0. The van der Waals surface area contributed by atoms with Gasteiger partial charge in [0.25, 0.3) is 0 Å². The fraction of sp³-hybridized carbons (Fsp3) is 0.316. The summed E-state index contributed by atoms with van der Waals surface area (Å²) in [4.78, 5) is 10.6. The molecular formula is C19H21Cl2NO5. The Morgan fingerprint density at radius 3 is 2.33 bits per heavy atom. The number of carboxylic acid groups (broad SMARTS) is 1. The highest BCUT2D eigenvalue weighted by Crippen LogP contribution is 2.34. The highest BCUT2D eigenvalue weighted by Gasteiger charge is 2.16. The second-order valence-electron chi connectivity index (χ2n) is 6.10. The van der Waals surface area contributed by atoms with Gasteiger partial charge in [-0.15, -0.1) is 0 Å². The van der Waals surface area contributed by atoms with E-state index in [0.717, 1.165) is 5.56 Å². The largest absolute Gasteiger partial charge is 0.508 e. The number of benzene rings is 2. The number of hydrogen-bond donors (Lipinski definition) is 4. The predicted molar refractivity (Wildman–Crippen MR) is 104 cm³/mol. The smallest absolute Gasteiger partial charge is 0.341 e. The van der Waals surface area contributed by atoms with Gasteiger partial charge in [0.1, 0.15) is 5.75 Å². The van der Waals surface area contributed by atoms with Crippen LogP contribution < -0.4 is 10.1 Å². The van der Waals surface area contributed by atoms with Crippen LogP contribution in [0.4, 0.5) is 0 Å². The first-order valence-corrected chi connectivity index (χ1v) is 9.06. The maximum atomic E-state index is 10.6. The van der Waals surface area contributed by atoms with E-state index in [1.54, 1.807) is 24.3 Å². The lowest BCUT2D eigenvalue weighted by Gasteiger charge is -2.21. The van der Waals surface area contributed by atoms with Gasteiger partial charge in [0.15, 0.2) is 12.4 Å². The Labute approximate surface area is 167 Å². The number of aliphatic hydroxyl groups is 1. The minimum Gasteiger partial charge on any atom is -0.508 e. The molecule has 4 N–H and O–H groups in total. The number of aromatic hydroxyl groups is 1. The summed E-state index contributed by atoms with van der Waals surface area (Å²) in [5.41, 5.74) is 1.56. The second-order valence-corrected chi connectivity index (χ2v) is 6.91. The number of carbonyl (C=O) groups is 1. The van der Waals surface area contributed by atoms with Crippen LogP contribution in [0.3, 0.4) is 0 Å². The Bertz CT molecular complexity index is 759. The van der Waals surface area contributed by atoms with Crippen LogP contribution in [0.1, 0.15) is 24.2 Å². The van der Waals surface area contributed by atoms with Crippen LogP contribution in [0.2, 0.25) is 10.0 Å². The van der Waals surface area contributed by atoms with Gasteiger partial charge in [-0.05, 0) is 55.3 Å². The van der Waals surface area contributed by atoms with Gasteiger partial charge in [-0.1, -0.05) is 35.3 Å². The molecule has 6 nitrogen and oxygen atoms in total. The van der Waals surface area contributed by atoms with Crippen molar-refractivity contribution in [2.75, 3.05) is 13.2 Å². The average Bonchev–Trinajstić information content (AvgIpc) is 2.60. The lowest BCUT2D eigenvalue weighted by molar-refractivity contribution is -0.139. The molecule has 0 amide bonds. The highest BCUT2D eigenvalue weighted by atomic mass is 35.5. The summed E-state index contributed by atoms with van der Waals surface area (Å²) in [6.07, 6.45) is -0.116. The minimum absolute atomic E-state index is 0.147. The average molecular weight is 414 g/mol. The van der Waals surface area contributed by atoms with E-state index < -0.39 is 18.7 Å². The molecule has 0 aromatic heterocycles. The van der Waals surface area contributed by atoms with Gasteiger partial charge in [-0.25, -0.2) is 4.79 Å². The van der Waals surface area contributed by atoms with Crippen LogP contribution in [-0.4, -0.2) is 40.5 Å². The summed E-state index contributed by atoms with van der Waals surface area (Å²) < 4.78 is 5.09. The van der Waals surface area contributed by atoms with Crippen LogP contribution in [0.15, 0.2) is 36.4 Å². The number of rotatable bonds is 9. The molecule has 27 heavy (non-hydrogen) atoms. The number of aliphatic hydroxyl groups excluding tert-OH is 1. The Morgan fingerprint density at radius 2 is 1.78 bits per heavy atom. The summed E-state index contributed by atoms with van der Waals surface area (Å²) in [5.74, 6) is -0.818. The quantitative estimate of drug-likeness (QED) is 0.502. The van der Waals surface area contributed by atoms with E-state index in [1.807, 2.05) is 6.92 Å². The van der Waals surface area contributed by atoms with Crippen molar-refractivity contribution in [3.05, 3.63) is 57.6 Å². The third kappa shape index (κ3) is 6.29. The Kier molecular flexibility index (Phi) is 7.74. The molecule has 0 radical (unpaired) electrons. The number of carboxylic acids is 1. The van der Waals surface area contributed by atoms with Gasteiger partial charge >= 0.3 is 5.97 Å². The van der Waals surface area contributed by atoms with Crippen molar-refractivity contribution in [3.63, 3.8) is 0 Å². The number of aliphatic carboxylic acids is 1. The number of halogens is 2. The molecule has 0 aliphatic heterocycles. The van der Waals surface area contributed by atoms with E-state index in [1.165, 1.54) is 12.1 Å². The Morgan fingerprint density at radius 1 is 1.19 bits per heavy atom.